The molecule has 0 aliphatic rings. The van der Waals surface area contributed by atoms with Gasteiger partial charge in [-0.2, -0.15) is 0 Å². The van der Waals surface area contributed by atoms with E-state index < -0.39 is 0 Å². The lowest BCUT2D eigenvalue weighted by Crippen LogP contribution is -2.27. The Hall–Kier alpha value is -0.560. The van der Waals surface area contributed by atoms with Crippen molar-refractivity contribution in [1.82, 2.24) is 14.5 Å². The topological polar surface area (TPSA) is 69.5 Å². The Bertz CT molecular complexity index is 205. The van der Waals surface area contributed by atoms with Gasteiger partial charge in [0, 0.05) is 18.5 Å². The van der Waals surface area contributed by atoms with Gasteiger partial charge in [-0.1, -0.05) is 4.49 Å². The highest BCUT2D eigenvalue weighted by molar-refractivity contribution is 7.03. The van der Waals surface area contributed by atoms with E-state index in [1.54, 1.807) is 4.90 Å². The van der Waals surface area contributed by atoms with Gasteiger partial charge in [-0.3, -0.25) is 4.90 Å². The maximum atomic E-state index is 8.83. The van der Waals surface area contributed by atoms with E-state index in [9.17, 15) is 0 Å². The summed E-state index contributed by atoms with van der Waals surface area (Å²) in [5, 5.41) is 23.1. The van der Waals surface area contributed by atoms with E-state index in [2.05, 4.69) is 9.59 Å². The summed E-state index contributed by atoms with van der Waals surface area (Å²) in [5.74, 6) is 0. The van der Waals surface area contributed by atoms with E-state index in [0.717, 1.165) is 5.69 Å². The highest BCUT2D eigenvalue weighted by Gasteiger charge is 2.04. The summed E-state index contributed by atoms with van der Waals surface area (Å²) in [6.07, 6.45) is 0. The first kappa shape index (κ1) is 9.53. The number of aliphatic hydroxyl groups is 2. The van der Waals surface area contributed by atoms with Crippen LogP contribution in [0.2, 0.25) is 0 Å². The van der Waals surface area contributed by atoms with Crippen molar-refractivity contribution >= 4 is 11.5 Å². The standard InChI is InChI=1S/C6H11N3O2S/c10-2-1-9(5-11)3-6-4-12-8-7-6/h4,10-11H,1-3,5H2. The molecule has 0 saturated heterocycles. The maximum absolute atomic E-state index is 8.83. The average molecular weight is 189 g/mol. The predicted octanol–water partition coefficient (Wildman–Crippen LogP) is -0.718. The molecule has 0 fully saturated rings. The third-order valence-electron chi connectivity index (χ3n) is 1.41. The summed E-state index contributed by atoms with van der Waals surface area (Å²) in [7, 11) is 0. The maximum Gasteiger partial charge on any atom is 0.0960 e. The monoisotopic (exact) mass is 189 g/mol. The fraction of sp³-hybridized carbons (Fsp3) is 0.667. The van der Waals surface area contributed by atoms with Crippen LogP contribution in [0.5, 0.6) is 0 Å². The van der Waals surface area contributed by atoms with E-state index >= 15 is 0 Å². The van der Waals surface area contributed by atoms with E-state index in [4.69, 9.17) is 10.2 Å². The zero-order valence-electron chi connectivity index (χ0n) is 6.55. The van der Waals surface area contributed by atoms with Crippen molar-refractivity contribution in [3.63, 3.8) is 0 Å². The molecular formula is C6H11N3O2S. The molecule has 0 bridgehead atoms. The Labute approximate surface area is 74.4 Å². The molecule has 12 heavy (non-hydrogen) atoms. The van der Waals surface area contributed by atoms with Crippen LogP contribution < -0.4 is 0 Å². The molecule has 6 heteroatoms. The van der Waals surface area contributed by atoms with Crippen LogP contribution in [0.25, 0.3) is 0 Å². The number of nitrogens with zero attached hydrogens (tertiary/aromatic N) is 3. The van der Waals surface area contributed by atoms with Crippen LogP contribution >= 0.6 is 11.5 Å². The lowest BCUT2D eigenvalue weighted by Gasteiger charge is -2.15. The van der Waals surface area contributed by atoms with Gasteiger partial charge in [-0.05, 0) is 11.5 Å². The van der Waals surface area contributed by atoms with Crippen molar-refractivity contribution in [2.45, 2.75) is 6.54 Å². The Morgan fingerprint density at radius 2 is 2.33 bits per heavy atom. The molecule has 0 unspecified atom stereocenters. The summed E-state index contributed by atoms with van der Waals surface area (Å²) in [5.41, 5.74) is 0.822. The first-order valence-electron chi connectivity index (χ1n) is 3.57. The minimum absolute atomic E-state index is 0.0398. The van der Waals surface area contributed by atoms with Crippen LogP contribution in [-0.4, -0.2) is 44.6 Å². The highest BCUT2D eigenvalue weighted by Crippen LogP contribution is 2.01. The van der Waals surface area contributed by atoms with E-state index in [1.165, 1.54) is 11.5 Å². The molecule has 68 valence electrons. The molecule has 0 aliphatic heterocycles. The molecule has 0 amide bonds. The summed E-state index contributed by atoms with van der Waals surface area (Å²) in [4.78, 5) is 1.68. The van der Waals surface area contributed by atoms with E-state index in [-0.39, 0.29) is 13.3 Å². The molecule has 0 aliphatic carbocycles. The Balaban J connectivity index is 2.37. The minimum atomic E-state index is -0.0713. The van der Waals surface area contributed by atoms with Crippen LogP contribution in [0.4, 0.5) is 0 Å². The van der Waals surface area contributed by atoms with Gasteiger partial charge in [0.25, 0.3) is 0 Å². The van der Waals surface area contributed by atoms with Gasteiger partial charge in [-0.15, -0.1) is 5.10 Å². The second-order valence-electron chi connectivity index (χ2n) is 2.31. The lowest BCUT2D eigenvalue weighted by atomic mass is 10.4. The van der Waals surface area contributed by atoms with Gasteiger partial charge in [0.15, 0.2) is 0 Å². The lowest BCUT2D eigenvalue weighted by molar-refractivity contribution is 0.0806. The van der Waals surface area contributed by atoms with Gasteiger partial charge in [0.05, 0.1) is 19.0 Å². The first-order valence-corrected chi connectivity index (χ1v) is 4.40. The van der Waals surface area contributed by atoms with Gasteiger partial charge < -0.3 is 10.2 Å². The van der Waals surface area contributed by atoms with Gasteiger partial charge in [-0.25, -0.2) is 0 Å². The summed E-state index contributed by atoms with van der Waals surface area (Å²) in [6, 6.07) is 0. The van der Waals surface area contributed by atoms with Crippen LogP contribution in [0.1, 0.15) is 5.69 Å². The molecule has 0 aromatic carbocycles. The molecule has 1 aromatic heterocycles. The van der Waals surface area contributed by atoms with Crippen molar-refractivity contribution in [2.24, 2.45) is 0 Å². The molecule has 0 atom stereocenters. The molecule has 0 saturated carbocycles. The second kappa shape index (κ2) is 5.15. The molecule has 1 aromatic rings. The zero-order valence-corrected chi connectivity index (χ0v) is 7.37. The molecule has 1 rings (SSSR count). The Morgan fingerprint density at radius 3 is 2.83 bits per heavy atom. The van der Waals surface area contributed by atoms with Crippen molar-refractivity contribution in [3.8, 4) is 0 Å². The van der Waals surface area contributed by atoms with E-state index in [0.29, 0.717) is 13.1 Å². The Kier molecular flexibility index (Phi) is 4.09. The van der Waals surface area contributed by atoms with Crippen LogP contribution in [0, 0.1) is 0 Å². The van der Waals surface area contributed by atoms with Crippen LogP contribution in [0.3, 0.4) is 0 Å². The summed E-state index contributed by atoms with van der Waals surface area (Å²) in [6.45, 7) is 0.956. The number of aliphatic hydroxyl groups excluding tert-OH is 2. The molecule has 1 heterocycles. The third-order valence-corrected chi connectivity index (χ3v) is 1.96. The highest BCUT2D eigenvalue weighted by atomic mass is 32.1. The van der Waals surface area contributed by atoms with Gasteiger partial charge in [0.2, 0.25) is 0 Å². The molecular weight excluding hydrogens is 178 g/mol. The number of hydrogen-bond donors (Lipinski definition) is 2. The van der Waals surface area contributed by atoms with Gasteiger partial charge >= 0.3 is 0 Å². The van der Waals surface area contributed by atoms with Gasteiger partial charge in [0.1, 0.15) is 0 Å². The zero-order chi connectivity index (χ0) is 8.81. The fourth-order valence-corrected chi connectivity index (χ4v) is 1.27. The van der Waals surface area contributed by atoms with Crippen LogP contribution in [0.15, 0.2) is 5.38 Å². The van der Waals surface area contributed by atoms with E-state index in [1.807, 2.05) is 5.38 Å². The van der Waals surface area contributed by atoms with Crippen molar-refractivity contribution in [1.29, 1.82) is 0 Å². The molecule has 2 N–H and O–H groups in total. The smallest absolute Gasteiger partial charge is 0.0960 e. The first-order chi connectivity index (χ1) is 5.86. The Morgan fingerprint density at radius 1 is 1.50 bits per heavy atom. The number of aromatic nitrogens is 2. The fourth-order valence-electron chi connectivity index (χ4n) is 0.823. The van der Waals surface area contributed by atoms with Crippen LogP contribution in [-0.2, 0) is 6.54 Å². The quantitative estimate of drug-likeness (QED) is 0.598. The summed E-state index contributed by atoms with van der Waals surface area (Å²) < 4.78 is 3.69. The molecule has 0 spiro atoms. The predicted molar refractivity (Wildman–Crippen MR) is 44.5 cm³/mol. The summed E-state index contributed by atoms with van der Waals surface area (Å²) >= 11 is 1.28. The van der Waals surface area contributed by atoms with Crippen molar-refractivity contribution < 1.29 is 10.2 Å². The minimum Gasteiger partial charge on any atom is -0.395 e. The third kappa shape index (κ3) is 2.82. The normalized spacial score (nSPS) is 10.9. The second-order valence-corrected chi connectivity index (χ2v) is 2.92. The SMILES string of the molecule is OCCN(CO)Cc1csnn1. The van der Waals surface area contributed by atoms with Crippen molar-refractivity contribution in [3.05, 3.63) is 11.1 Å². The van der Waals surface area contributed by atoms with Crippen molar-refractivity contribution in [2.75, 3.05) is 19.9 Å². The molecule has 0 radical (unpaired) electrons. The largest absolute Gasteiger partial charge is 0.395 e. The molecule has 5 nitrogen and oxygen atoms in total. The number of hydrogen-bond acceptors (Lipinski definition) is 6. The average Bonchev–Trinajstić information content (AvgIpc) is 2.56. The number of rotatable bonds is 5.